The Bertz CT molecular complexity index is 533. The Morgan fingerprint density at radius 3 is 3.00 bits per heavy atom. The van der Waals surface area contributed by atoms with Gasteiger partial charge < -0.3 is 5.32 Å². The van der Waals surface area contributed by atoms with E-state index in [9.17, 15) is 4.79 Å². The summed E-state index contributed by atoms with van der Waals surface area (Å²) in [5.74, 6) is 0.453. The number of pyridine rings is 1. The van der Waals surface area contributed by atoms with Gasteiger partial charge in [0.15, 0.2) is 6.29 Å². The molecule has 0 fully saturated rings. The highest BCUT2D eigenvalue weighted by Gasteiger charge is 2.07. The molecule has 18 heavy (non-hydrogen) atoms. The van der Waals surface area contributed by atoms with Crippen molar-refractivity contribution < 1.29 is 4.79 Å². The van der Waals surface area contributed by atoms with Gasteiger partial charge in [-0.05, 0) is 18.1 Å². The lowest BCUT2D eigenvalue weighted by atomic mass is 10.2. The molecule has 92 valence electrons. The van der Waals surface area contributed by atoms with E-state index < -0.39 is 0 Å². The SMILES string of the molecule is O=Cc1c(Cl)ncnc1NCCc1cccnc1. The lowest BCUT2D eigenvalue weighted by Crippen LogP contribution is -2.09. The summed E-state index contributed by atoms with van der Waals surface area (Å²) in [6.45, 7) is 0.639. The van der Waals surface area contributed by atoms with Crippen LogP contribution in [0.25, 0.3) is 0 Å². The first-order chi connectivity index (χ1) is 8.81. The molecule has 2 aromatic rings. The largest absolute Gasteiger partial charge is 0.369 e. The van der Waals surface area contributed by atoms with Crippen molar-refractivity contribution in [2.24, 2.45) is 0 Å². The monoisotopic (exact) mass is 262 g/mol. The minimum Gasteiger partial charge on any atom is -0.369 e. The average Bonchev–Trinajstić information content (AvgIpc) is 2.40. The molecule has 0 atom stereocenters. The number of carbonyl (C=O) groups is 1. The van der Waals surface area contributed by atoms with Crippen LogP contribution in [0.5, 0.6) is 0 Å². The molecule has 0 aromatic carbocycles. The van der Waals surface area contributed by atoms with Crippen molar-refractivity contribution in [2.75, 3.05) is 11.9 Å². The summed E-state index contributed by atoms with van der Waals surface area (Å²) in [4.78, 5) is 22.6. The predicted molar refractivity (Wildman–Crippen MR) is 68.9 cm³/mol. The Kier molecular flexibility index (Phi) is 4.20. The fourth-order valence-electron chi connectivity index (χ4n) is 1.49. The third kappa shape index (κ3) is 3.01. The maximum Gasteiger partial charge on any atom is 0.156 e. The fourth-order valence-corrected chi connectivity index (χ4v) is 1.67. The van der Waals surface area contributed by atoms with Crippen molar-refractivity contribution in [3.63, 3.8) is 0 Å². The van der Waals surface area contributed by atoms with Gasteiger partial charge in [0.2, 0.25) is 0 Å². The Labute approximate surface area is 109 Å². The fraction of sp³-hybridized carbons (Fsp3) is 0.167. The van der Waals surface area contributed by atoms with E-state index in [0.717, 1.165) is 12.0 Å². The van der Waals surface area contributed by atoms with Crippen LogP contribution < -0.4 is 5.32 Å². The zero-order valence-electron chi connectivity index (χ0n) is 9.51. The number of hydrogen-bond donors (Lipinski definition) is 1. The van der Waals surface area contributed by atoms with Gasteiger partial charge in [-0.25, -0.2) is 9.97 Å². The number of nitrogens with zero attached hydrogens (tertiary/aromatic N) is 3. The molecule has 1 N–H and O–H groups in total. The van der Waals surface area contributed by atoms with Crippen molar-refractivity contribution in [1.82, 2.24) is 15.0 Å². The molecule has 0 saturated carbocycles. The topological polar surface area (TPSA) is 67.8 Å². The highest BCUT2D eigenvalue weighted by molar-refractivity contribution is 6.32. The molecule has 0 aliphatic heterocycles. The lowest BCUT2D eigenvalue weighted by Gasteiger charge is -2.07. The molecule has 0 aliphatic rings. The molecule has 5 nitrogen and oxygen atoms in total. The average molecular weight is 263 g/mol. The number of hydrogen-bond acceptors (Lipinski definition) is 5. The number of aromatic nitrogens is 3. The minimum absolute atomic E-state index is 0.156. The molecule has 0 unspecified atom stereocenters. The van der Waals surface area contributed by atoms with Gasteiger partial charge in [0, 0.05) is 18.9 Å². The van der Waals surface area contributed by atoms with Gasteiger partial charge in [-0.15, -0.1) is 0 Å². The number of nitrogens with one attached hydrogen (secondary N) is 1. The van der Waals surface area contributed by atoms with Crippen molar-refractivity contribution in [1.29, 1.82) is 0 Å². The first-order valence-corrected chi connectivity index (χ1v) is 5.77. The maximum absolute atomic E-state index is 10.9. The number of carbonyl (C=O) groups excluding carboxylic acids is 1. The highest BCUT2D eigenvalue weighted by atomic mass is 35.5. The van der Waals surface area contributed by atoms with Crippen LogP contribution in [0, 0.1) is 0 Å². The van der Waals surface area contributed by atoms with Gasteiger partial charge in [0.25, 0.3) is 0 Å². The predicted octanol–water partition coefficient (Wildman–Crippen LogP) is 1.99. The second-order valence-electron chi connectivity index (χ2n) is 3.58. The summed E-state index contributed by atoms with van der Waals surface area (Å²) in [6.07, 6.45) is 6.28. The second kappa shape index (κ2) is 6.07. The van der Waals surface area contributed by atoms with Gasteiger partial charge in [0.05, 0.1) is 5.56 Å². The van der Waals surface area contributed by atoms with Crippen molar-refractivity contribution in [2.45, 2.75) is 6.42 Å². The standard InChI is InChI=1S/C12H11ClN4O/c13-11-10(7-18)12(17-8-16-11)15-5-3-9-2-1-4-14-6-9/h1-2,4,6-8H,3,5H2,(H,15,16,17). The van der Waals surface area contributed by atoms with Crippen LogP contribution in [0.15, 0.2) is 30.9 Å². The highest BCUT2D eigenvalue weighted by Crippen LogP contribution is 2.16. The van der Waals surface area contributed by atoms with Crippen LogP contribution in [-0.4, -0.2) is 27.8 Å². The van der Waals surface area contributed by atoms with Gasteiger partial charge in [-0.3, -0.25) is 9.78 Å². The van der Waals surface area contributed by atoms with E-state index in [4.69, 9.17) is 11.6 Å². The lowest BCUT2D eigenvalue weighted by molar-refractivity contribution is 0.112. The zero-order chi connectivity index (χ0) is 12.8. The van der Waals surface area contributed by atoms with Crippen LogP contribution >= 0.6 is 11.6 Å². The summed E-state index contributed by atoms with van der Waals surface area (Å²) >= 11 is 5.79. The molecule has 2 heterocycles. The van der Waals surface area contributed by atoms with Crippen molar-refractivity contribution in [3.05, 3.63) is 47.1 Å². The Morgan fingerprint density at radius 2 is 2.28 bits per heavy atom. The van der Waals surface area contributed by atoms with Crippen molar-refractivity contribution >= 4 is 23.7 Å². The first kappa shape index (κ1) is 12.4. The van der Waals surface area contributed by atoms with Crippen LogP contribution in [0.2, 0.25) is 5.15 Å². The molecule has 0 bridgehead atoms. The summed E-state index contributed by atoms with van der Waals surface area (Å²) in [5.41, 5.74) is 1.39. The molecule has 0 amide bonds. The second-order valence-corrected chi connectivity index (χ2v) is 3.94. The quantitative estimate of drug-likeness (QED) is 0.659. The molecule has 6 heteroatoms. The molecule has 0 spiro atoms. The molecule has 2 rings (SSSR count). The van der Waals surface area contributed by atoms with E-state index in [0.29, 0.717) is 18.6 Å². The van der Waals surface area contributed by atoms with E-state index in [1.165, 1.54) is 6.33 Å². The maximum atomic E-state index is 10.9. The van der Waals surface area contributed by atoms with Crippen LogP contribution in [0.3, 0.4) is 0 Å². The van der Waals surface area contributed by atoms with Gasteiger partial charge >= 0.3 is 0 Å². The Balaban J connectivity index is 1.99. The van der Waals surface area contributed by atoms with E-state index in [2.05, 4.69) is 20.3 Å². The summed E-state index contributed by atoms with van der Waals surface area (Å²) < 4.78 is 0. The first-order valence-electron chi connectivity index (χ1n) is 5.39. The number of anilines is 1. The van der Waals surface area contributed by atoms with Gasteiger partial charge in [0.1, 0.15) is 17.3 Å². The molecule has 0 saturated heterocycles. The number of aldehydes is 1. The number of halogens is 1. The summed E-state index contributed by atoms with van der Waals surface area (Å²) in [5, 5.41) is 3.22. The minimum atomic E-state index is 0.156. The zero-order valence-corrected chi connectivity index (χ0v) is 10.3. The number of rotatable bonds is 5. The summed E-state index contributed by atoms with van der Waals surface area (Å²) in [7, 11) is 0. The van der Waals surface area contributed by atoms with E-state index >= 15 is 0 Å². The summed E-state index contributed by atoms with van der Waals surface area (Å²) in [6, 6.07) is 3.87. The Morgan fingerprint density at radius 1 is 1.39 bits per heavy atom. The van der Waals surface area contributed by atoms with E-state index in [-0.39, 0.29) is 10.7 Å². The normalized spacial score (nSPS) is 10.1. The molecular weight excluding hydrogens is 252 g/mol. The Hall–Kier alpha value is -2.01. The van der Waals surface area contributed by atoms with E-state index in [1.54, 1.807) is 12.4 Å². The smallest absolute Gasteiger partial charge is 0.156 e. The van der Waals surface area contributed by atoms with E-state index in [1.807, 2.05) is 12.1 Å². The van der Waals surface area contributed by atoms with Crippen LogP contribution in [0.4, 0.5) is 5.82 Å². The third-order valence-corrected chi connectivity index (χ3v) is 2.68. The molecule has 2 aromatic heterocycles. The molecule has 0 radical (unpaired) electrons. The van der Waals surface area contributed by atoms with Crippen molar-refractivity contribution in [3.8, 4) is 0 Å². The third-order valence-electron chi connectivity index (χ3n) is 2.38. The molecular formula is C12H11ClN4O. The van der Waals surface area contributed by atoms with Crippen LogP contribution in [-0.2, 0) is 6.42 Å². The van der Waals surface area contributed by atoms with Crippen LogP contribution in [0.1, 0.15) is 15.9 Å². The van der Waals surface area contributed by atoms with Gasteiger partial charge in [-0.2, -0.15) is 0 Å². The van der Waals surface area contributed by atoms with Gasteiger partial charge in [-0.1, -0.05) is 17.7 Å². The molecule has 0 aliphatic carbocycles.